The van der Waals surface area contributed by atoms with E-state index < -0.39 is 11.6 Å². The molecule has 1 N–H and O–H groups in total. The number of halogens is 1. The van der Waals surface area contributed by atoms with Crippen LogP contribution in [-0.4, -0.2) is 24.1 Å². The minimum Gasteiger partial charge on any atom is -0.505 e. The largest absolute Gasteiger partial charge is 0.505 e. The van der Waals surface area contributed by atoms with Crippen LogP contribution in [-0.2, 0) is 4.79 Å². The lowest BCUT2D eigenvalue weighted by Gasteiger charge is -2.16. The van der Waals surface area contributed by atoms with Crippen molar-refractivity contribution in [2.24, 2.45) is 11.0 Å². The van der Waals surface area contributed by atoms with Gasteiger partial charge in [0.25, 0.3) is 0 Å². The van der Waals surface area contributed by atoms with Gasteiger partial charge in [0, 0.05) is 36.2 Å². The third kappa shape index (κ3) is 2.36. The molecule has 1 aliphatic heterocycles. The highest BCUT2D eigenvalue weighted by atomic mass is 19.1. The van der Waals surface area contributed by atoms with Crippen LogP contribution in [0.1, 0.15) is 6.42 Å². The molecule has 1 aromatic carbocycles. The Kier molecular flexibility index (Phi) is 3.34. The Morgan fingerprint density at radius 1 is 1.61 bits per heavy atom. The van der Waals surface area contributed by atoms with Crippen LogP contribution in [0.3, 0.4) is 0 Å². The fourth-order valence-corrected chi connectivity index (χ4v) is 1.97. The van der Waals surface area contributed by atoms with Gasteiger partial charge in [-0.2, -0.15) is 0 Å². The van der Waals surface area contributed by atoms with Gasteiger partial charge in [0.15, 0.2) is 11.6 Å². The molecule has 1 heterocycles. The van der Waals surface area contributed by atoms with E-state index in [1.54, 1.807) is 0 Å². The van der Waals surface area contributed by atoms with Crippen molar-refractivity contribution in [3.05, 3.63) is 34.5 Å². The van der Waals surface area contributed by atoms with E-state index >= 15 is 0 Å². The molecule has 6 nitrogen and oxygen atoms in total. The molecule has 1 atom stereocenters. The first kappa shape index (κ1) is 12.2. The summed E-state index contributed by atoms with van der Waals surface area (Å²) in [6, 6.07) is 3.75. The second-order valence-electron chi connectivity index (χ2n) is 4.12. The first-order valence-electron chi connectivity index (χ1n) is 5.41. The summed E-state index contributed by atoms with van der Waals surface area (Å²) in [7, 11) is 0. The molecule has 0 aliphatic carbocycles. The van der Waals surface area contributed by atoms with Gasteiger partial charge in [0.05, 0.1) is 0 Å². The molecule has 0 saturated carbocycles. The number of aromatic hydroxyl groups is 1. The summed E-state index contributed by atoms with van der Waals surface area (Å²) in [6.45, 7) is 0.662. The van der Waals surface area contributed by atoms with E-state index in [-0.39, 0.29) is 24.8 Å². The van der Waals surface area contributed by atoms with Crippen LogP contribution in [0.25, 0.3) is 10.4 Å². The van der Waals surface area contributed by atoms with Crippen molar-refractivity contribution in [3.8, 4) is 5.75 Å². The average Bonchev–Trinajstić information content (AvgIpc) is 2.71. The molecular weight excluding hydrogens is 239 g/mol. The number of phenolic OH excluding ortho intramolecular Hbond substituents is 1. The molecule has 0 aromatic heterocycles. The monoisotopic (exact) mass is 250 g/mol. The summed E-state index contributed by atoms with van der Waals surface area (Å²) in [6.07, 6.45) is 0.289. The second-order valence-corrected chi connectivity index (χ2v) is 4.12. The second kappa shape index (κ2) is 4.93. The van der Waals surface area contributed by atoms with Crippen molar-refractivity contribution in [2.75, 3.05) is 18.0 Å². The van der Waals surface area contributed by atoms with E-state index in [1.807, 2.05) is 0 Å². The zero-order chi connectivity index (χ0) is 13.1. The molecular formula is C11H11FN4O2. The zero-order valence-corrected chi connectivity index (χ0v) is 9.45. The number of hydrogen-bond donors (Lipinski definition) is 1. The maximum Gasteiger partial charge on any atom is 0.227 e. The first-order chi connectivity index (χ1) is 8.61. The van der Waals surface area contributed by atoms with Gasteiger partial charge < -0.3 is 10.0 Å². The number of benzene rings is 1. The Hall–Kier alpha value is -2.27. The molecule has 1 aliphatic rings. The minimum absolute atomic E-state index is 0.0411. The fraction of sp³-hybridized carbons (Fsp3) is 0.364. The number of phenols is 1. The number of azide groups is 1. The van der Waals surface area contributed by atoms with E-state index in [0.717, 1.165) is 6.07 Å². The molecule has 2 rings (SSSR count). The number of hydrogen-bond acceptors (Lipinski definition) is 3. The van der Waals surface area contributed by atoms with Crippen molar-refractivity contribution in [1.29, 1.82) is 0 Å². The molecule has 94 valence electrons. The highest BCUT2D eigenvalue weighted by molar-refractivity contribution is 5.95. The topological polar surface area (TPSA) is 89.3 Å². The highest BCUT2D eigenvalue weighted by Crippen LogP contribution is 2.29. The summed E-state index contributed by atoms with van der Waals surface area (Å²) in [5, 5.41) is 12.7. The van der Waals surface area contributed by atoms with Gasteiger partial charge in [-0.3, -0.25) is 4.79 Å². The third-order valence-corrected chi connectivity index (χ3v) is 2.85. The van der Waals surface area contributed by atoms with Crippen molar-refractivity contribution in [2.45, 2.75) is 6.42 Å². The van der Waals surface area contributed by atoms with Gasteiger partial charge in [0.2, 0.25) is 5.91 Å². The Morgan fingerprint density at radius 2 is 2.39 bits per heavy atom. The molecule has 1 fully saturated rings. The van der Waals surface area contributed by atoms with Gasteiger partial charge in [-0.1, -0.05) is 5.11 Å². The Morgan fingerprint density at radius 3 is 3.06 bits per heavy atom. The van der Waals surface area contributed by atoms with E-state index in [4.69, 9.17) is 5.53 Å². The van der Waals surface area contributed by atoms with Crippen molar-refractivity contribution < 1.29 is 14.3 Å². The summed E-state index contributed by atoms with van der Waals surface area (Å²) in [5.41, 5.74) is 8.67. The molecule has 1 unspecified atom stereocenters. The molecule has 18 heavy (non-hydrogen) atoms. The van der Waals surface area contributed by atoms with Gasteiger partial charge in [-0.15, -0.1) is 0 Å². The summed E-state index contributed by atoms with van der Waals surface area (Å²) in [5.74, 6) is -1.38. The van der Waals surface area contributed by atoms with E-state index in [0.29, 0.717) is 12.2 Å². The summed E-state index contributed by atoms with van der Waals surface area (Å²) < 4.78 is 12.9. The van der Waals surface area contributed by atoms with Crippen molar-refractivity contribution in [3.63, 3.8) is 0 Å². The minimum atomic E-state index is -0.726. The van der Waals surface area contributed by atoms with Crippen LogP contribution >= 0.6 is 0 Å². The van der Waals surface area contributed by atoms with Gasteiger partial charge in [-0.05, 0) is 23.6 Å². The third-order valence-electron chi connectivity index (χ3n) is 2.85. The lowest BCUT2D eigenvalue weighted by molar-refractivity contribution is -0.117. The lowest BCUT2D eigenvalue weighted by atomic mass is 10.1. The normalized spacial score (nSPS) is 18.8. The van der Waals surface area contributed by atoms with E-state index in [1.165, 1.54) is 17.0 Å². The van der Waals surface area contributed by atoms with Crippen LogP contribution in [0, 0.1) is 11.7 Å². The van der Waals surface area contributed by atoms with Crippen LogP contribution in [0.2, 0.25) is 0 Å². The van der Waals surface area contributed by atoms with Crippen LogP contribution < -0.4 is 4.90 Å². The number of carbonyl (C=O) groups is 1. The lowest BCUT2D eigenvalue weighted by Crippen LogP contribution is -2.24. The van der Waals surface area contributed by atoms with Gasteiger partial charge in [0.1, 0.15) is 0 Å². The Balaban J connectivity index is 2.16. The van der Waals surface area contributed by atoms with E-state index in [2.05, 4.69) is 10.0 Å². The summed E-state index contributed by atoms with van der Waals surface area (Å²) >= 11 is 0. The number of rotatable bonds is 3. The number of nitrogens with zero attached hydrogens (tertiary/aromatic N) is 4. The highest BCUT2D eigenvalue weighted by Gasteiger charge is 2.30. The number of anilines is 1. The zero-order valence-electron chi connectivity index (χ0n) is 9.45. The van der Waals surface area contributed by atoms with Gasteiger partial charge in [-0.25, -0.2) is 4.39 Å². The number of amides is 1. The smallest absolute Gasteiger partial charge is 0.227 e. The molecule has 0 spiro atoms. The van der Waals surface area contributed by atoms with Gasteiger partial charge >= 0.3 is 0 Å². The SMILES string of the molecule is [N-]=[N+]=NCC1CC(=O)N(c2ccc(F)c(O)c2)C1. The van der Waals surface area contributed by atoms with Crippen LogP contribution in [0.4, 0.5) is 10.1 Å². The molecule has 0 radical (unpaired) electrons. The van der Waals surface area contributed by atoms with Crippen LogP contribution in [0.5, 0.6) is 5.75 Å². The summed E-state index contributed by atoms with van der Waals surface area (Å²) in [4.78, 5) is 15.9. The maximum atomic E-state index is 12.9. The van der Waals surface area contributed by atoms with E-state index in [9.17, 15) is 14.3 Å². The predicted molar refractivity (Wildman–Crippen MR) is 62.5 cm³/mol. The maximum absolute atomic E-state index is 12.9. The molecule has 1 aromatic rings. The molecule has 0 bridgehead atoms. The predicted octanol–water partition coefficient (Wildman–Crippen LogP) is 2.19. The first-order valence-corrected chi connectivity index (χ1v) is 5.41. The molecule has 1 amide bonds. The van der Waals surface area contributed by atoms with Crippen molar-refractivity contribution in [1.82, 2.24) is 0 Å². The quantitative estimate of drug-likeness (QED) is 0.506. The Labute approximate surface area is 102 Å². The standard InChI is InChI=1S/C11H11FN4O2/c12-9-2-1-8(4-10(9)17)16-6-7(3-11(16)18)5-14-15-13/h1-2,4,7,17H,3,5-6H2. The van der Waals surface area contributed by atoms with Crippen molar-refractivity contribution >= 4 is 11.6 Å². The average molecular weight is 250 g/mol. The fourth-order valence-electron chi connectivity index (χ4n) is 1.97. The molecule has 7 heteroatoms. The number of carbonyl (C=O) groups excluding carboxylic acids is 1. The molecule has 1 saturated heterocycles. The Bertz CT molecular complexity index is 528. The van der Waals surface area contributed by atoms with Crippen LogP contribution in [0.15, 0.2) is 23.3 Å².